The molecule has 0 spiro atoms. The molecule has 4 N–H and O–H groups in total. The van der Waals surface area contributed by atoms with Gasteiger partial charge in [0, 0.05) is 12.2 Å². The van der Waals surface area contributed by atoms with Crippen molar-refractivity contribution in [2.45, 2.75) is 13.3 Å². The molecule has 1 rings (SSSR count). The largest absolute Gasteiger partial charge is 0.508 e. The zero-order valence-corrected chi connectivity index (χ0v) is 11.1. The highest BCUT2D eigenvalue weighted by Crippen LogP contribution is 2.20. The number of benzene rings is 1. The number of hydrogen-bond donors (Lipinski definition) is 3. The Balaban J connectivity index is 2.74. The van der Waals surface area contributed by atoms with Crippen LogP contribution in [0.5, 0.6) is 5.75 Å². The van der Waals surface area contributed by atoms with Gasteiger partial charge in [-0.05, 0) is 43.7 Å². The molecule has 3 amide bonds. The van der Waals surface area contributed by atoms with Gasteiger partial charge in [0.2, 0.25) is 6.41 Å². The van der Waals surface area contributed by atoms with Crippen molar-refractivity contribution >= 4 is 23.9 Å². The molecule has 0 saturated heterocycles. The first kappa shape index (κ1) is 15.6. The number of phenolic OH excluding ortho intramolecular Hbond substituents is 1. The van der Waals surface area contributed by atoms with Gasteiger partial charge >= 0.3 is 11.8 Å². The number of amides is 3. The van der Waals surface area contributed by atoms with Crippen molar-refractivity contribution in [1.82, 2.24) is 4.90 Å². The number of imide groups is 1. The maximum Gasteiger partial charge on any atom is 0.318 e. The van der Waals surface area contributed by atoms with Crippen LogP contribution >= 0.6 is 0 Å². The van der Waals surface area contributed by atoms with Crippen LogP contribution in [0.2, 0.25) is 0 Å². The number of carbonyl (C=O) groups excluding carboxylic acids is 3. The van der Waals surface area contributed by atoms with E-state index < -0.39 is 11.8 Å². The summed E-state index contributed by atoms with van der Waals surface area (Å²) < 4.78 is 0. The van der Waals surface area contributed by atoms with Crippen LogP contribution in [0.15, 0.2) is 18.2 Å². The number of anilines is 1. The highest BCUT2D eigenvalue weighted by molar-refractivity contribution is 6.41. The summed E-state index contributed by atoms with van der Waals surface area (Å²) in [6.07, 6.45) is 0.733. The lowest BCUT2D eigenvalue weighted by molar-refractivity contribution is -0.146. The summed E-state index contributed by atoms with van der Waals surface area (Å²) >= 11 is 0. The monoisotopic (exact) mass is 279 g/mol. The minimum absolute atomic E-state index is 0.0595. The second-order valence-corrected chi connectivity index (χ2v) is 4.20. The summed E-state index contributed by atoms with van der Waals surface area (Å²) in [5, 5.41) is 11.7. The van der Waals surface area contributed by atoms with Crippen LogP contribution in [0, 0.1) is 6.92 Å². The Hall–Kier alpha value is -2.41. The van der Waals surface area contributed by atoms with Crippen molar-refractivity contribution in [3.63, 3.8) is 0 Å². The molecule has 0 unspecified atom stereocenters. The van der Waals surface area contributed by atoms with E-state index >= 15 is 0 Å². The molecular formula is C13H17N3O4. The van der Waals surface area contributed by atoms with Crippen molar-refractivity contribution in [2.24, 2.45) is 5.73 Å². The number of rotatable bonds is 5. The van der Waals surface area contributed by atoms with Crippen molar-refractivity contribution < 1.29 is 19.5 Å². The topological polar surface area (TPSA) is 113 Å². The maximum absolute atomic E-state index is 11.8. The van der Waals surface area contributed by atoms with Crippen LogP contribution in [0.1, 0.15) is 12.0 Å². The normalized spacial score (nSPS) is 9.90. The quantitative estimate of drug-likeness (QED) is 0.398. The number of aryl methyl sites for hydroxylation is 1. The average Bonchev–Trinajstić information content (AvgIpc) is 2.42. The van der Waals surface area contributed by atoms with Crippen LogP contribution < -0.4 is 11.1 Å². The van der Waals surface area contributed by atoms with E-state index in [0.717, 1.165) is 4.90 Å². The van der Waals surface area contributed by atoms with E-state index in [1.54, 1.807) is 6.92 Å². The molecule has 0 radical (unpaired) electrons. The fraction of sp³-hybridized carbons (Fsp3) is 0.308. The Bertz CT molecular complexity index is 516. The molecular weight excluding hydrogens is 262 g/mol. The molecule has 7 heteroatoms. The van der Waals surface area contributed by atoms with Gasteiger partial charge in [-0.25, -0.2) is 0 Å². The molecule has 0 aliphatic rings. The average molecular weight is 279 g/mol. The Morgan fingerprint density at radius 1 is 1.45 bits per heavy atom. The third-order valence-corrected chi connectivity index (χ3v) is 2.64. The third kappa shape index (κ3) is 4.06. The first-order valence-electron chi connectivity index (χ1n) is 6.06. The number of nitrogens with one attached hydrogen (secondary N) is 1. The molecule has 0 atom stereocenters. The summed E-state index contributed by atoms with van der Waals surface area (Å²) in [5.41, 5.74) is 6.28. The molecule has 0 bridgehead atoms. The van der Waals surface area contributed by atoms with Gasteiger partial charge in [-0.2, -0.15) is 0 Å². The second-order valence-electron chi connectivity index (χ2n) is 4.20. The highest BCUT2D eigenvalue weighted by Gasteiger charge is 2.21. The first-order valence-corrected chi connectivity index (χ1v) is 6.06. The smallest absolute Gasteiger partial charge is 0.318 e. The van der Waals surface area contributed by atoms with E-state index in [9.17, 15) is 19.5 Å². The molecule has 1 aromatic carbocycles. The number of carbonyl (C=O) groups is 3. The lowest BCUT2D eigenvalue weighted by atomic mass is 10.2. The summed E-state index contributed by atoms with van der Waals surface area (Å²) in [7, 11) is 0. The Kier molecular flexibility index (Phi) is 5.67. The van der Waals surface area contributed by atoms with E-state index in [1.165, 1.54) is 18.2 Å². The van der Waals surface area contributed by atoms with Gasteiger partial charge in [-0.1, -0.05) is 0 Å². The predicted octanol–water partition coefficient (Wildman–Crippen LogP) is -0.0271. The van der Waals surface area contributed by atoms with E-state index in [1.807, 2.05) is 0 Å². The number of hydrogen-bond acceptors (Lipinski definition) is 5. The lowest BCUT2D eigenvalue weighted by Gasteiger charge is -2.15. The minimum atomic E-state index is -0.944. The molecule has 20 heavy (non-hydrogen) atoms. The van der Waals surface area contributed by atoms with E-state index in [0.29, 0.717) is 30.6 Å². The lowest BCUT2D eigenvalue weighted by Crippen LogP contribution is -2.40. The fourth-order valence-corrected chi connectivity index (χ4v) is 1.56. The van der Waals surface area contributed by atoms with Crippen LogP contribution in [0.3, 0.4) is 0 Å². The minimum Gasteiger partial charge on any atom is -0.508 e. The van der Waals surface area contributed by atoms with Crippen LogP contribution in [-0.2, 0) is 14.4 Å². The SMILES string of the molecule is Cc1cc(O)ccc1NC(=O)C(=O)N(C=O)CCCN. The molecule has 0 heterocycles. The summed E-state index contributed by atoms with van der Waals surface area (Å²) in [5.74, 6) is -1.80. The zero-order valence-electron chi connectivity index (χ0n) is 11.1. The number of nitrogens with zero attached hydrogens (tertiary/aromatic N) is 1. The summed E-state index contributed by atoms with van der Waals surface area (Å²) in [6.45, 7) is 2.09. The number of nitrogens with two attached hydrogens (primary N) is 1. The fourth-order valence-electron chi connectivity index (χ4n) is 1.56. The van der Waals surface area contributed by atoms with Crippen LogP contribution in [0.4, 0.5) is 5.69 Å². The Morgan fingerprint density at radius 3 is 2.70 bits per heavy atom. The van der Waals surface area contributed by atoms with E-state index in [-0.39, 0.29) is 12.3 Å². The van der Waals surface area contributed by atoms with Gasteiger partial charge in [0.05, 0.1) is 0 Å². The third-order valence-electron chi connectivity index (χ3n) is 2.64. The zero-order chi connectivity index (χ0) is 15.1. The van der Waals surface area contributed by atoms with Crippen LogP contribution in [0.25, 0.3) is 0 Å². The molecule has 0 saturated carbocycles. The van der Waals surface area contributed by atoms with Gasteiger partial charge in [0.25, 0.3) is 0 Å². The molecule has 0 aromatic heterocycles. The molecule has 0 fully saturated rings. The van der Waals surface area contributed by atoms with E-state index in [4.69, 9.17) is 5.73 Å². The summed E-state index contributed by atoms with van der Waals surface area (Å²) in [6, 6.07) is 4.31. The Morgan fingerprint density at radius 2 is 2.15 bits per heavy atom. The first-order chi connectivity index (χ1) is 9.49. The van der Waals surface area contributed by atoms with Crippen molar-refractivity contribution in [3.05, 3.63) is 23.8 Å². The molecule has 0 aliphatic carbocycles. The summed E-state index contributed by atoms with van der Waals surface area (Å²) in [4.78, 5) is 35.1. The van der Waals surface area contributed by atoms with E-state index in [2.05, 4.69) is 5.32 Å². The number of phenols is 1. The molecule has 1 aromatic rings. The Labute approximate surface area is 116 Å². The van der Waals surface area contributed by atoms with Gasteiger partial charge < -0.3 is 16.2 Å². The van der Waals surface area contributed by atoms with Gasteiger partial charge in [-0.15, -0.1) is 0 Å². The number of aromatic hydroxyl groups is 1. The second kappa shape index (κ2) is 7.25. The van der Waals surface area contributed by atoms with Gasteiger partial charge in [-0.3, -0.25) is 19.3 Å². The van der Waals surface area contributed by atoms with Crippen LogP contribution in [-0.4, -0.2) is 41.3 Å². The predicted molar refractivity (Wildman–Crippen MR) is 72.9 cm³/mol. The van der Waals surface area contributed by atoms with Gasteiger partial charge in [0.15, 0.2) is 0 Å². The van der Waals surface area contributed by atoms with Crippen molar-refractivity contribution in [3.8, 4) is 5.75 Å². The maximum atomic E-state index is 11.8. The molecule has 7 nitrogen and oxygen atoms in total. The molecule has 108 valence electrons. The van der Waals surface area contributed by atoms with Crippen molar-refractivity contribution in [2.75, 3.05) is 18.4 Å². The standard InChI is InChI=1S/C13H17N3O4/c1-9-7-10(18)3-4-11(9)15-12(19)13(20)16(8-17)6-2-5-14/h3-4,7-8,18H,2,5-6,14H2,1H3,(H,15,19). The van der Waals surface area contributed by atoms with Crippen molar-refractivity contribution in [1.29, 1.82) is 0 Å². The highest BCUT2D eigenvalue weighted by atomic mass is 16.3. The molecule has 0 aliphatic heterocycles. The van der Waals surface area contributed by atoms with Gasteiger partial charge in [0.1, 0.15) is 5.75 Å².